The van der Waals surface area contributed by atoms with Crippen molar-refractivity contribution in [3.63, 3.8) is 0 Å². The van der Waals surface area contributed by atoms with E-state index in [1.807, 2.05) is 0 Å². The summed E-state index contributed by atoms with van der Waals surface area (Å²) in [5.41, 5.74) is 0. The van der Waals surface area contributed by atoms with Gasteiger partial charge < -0.3 is 19.6 Å². The molecule has 4 aliphatic heterocycles. The maximum Gasteiger partial charge on any atom is 0.246 e. The Bertz CT molecular complexity index is 771. The van der Waals surface area contributed by atoms with E-state index < -0.39 is 18.1 Å². The fraction of sp³-hybridized carbons (Fsp3) is 0.773. The highest BCUT2D eigenvalue weighted by molar-refractivity contribution is 5.96. The van der Waals surface area contributed by atoms with Gasteiger partial charge in [-0.25, -0.2) is 0 Å². The lowest BCUT2D eigenvalue weighted by Gasteiger charge is -2.35. The molecule has 31 heavy (non-hydrogen) atoms. The van der Waals surface area contributed by atoms with Gasteiger partial charge in [0.2, 0.25) is 24.1 Å². The lowest BCUT2D eigenvalue weighted by Crippen LogP contribution is -2.56. The number of likely N-dealkylation sites (tertiary alicyclic amines) is 4. The number of ketones is 1. The average Bonchev–Trinajstić information content (AvgIpc) is 3.57. The van der Waals surface area contributed by atoms with E-state index >= 15 is 0 Å². The molecule has 4 unspecified atom stereocenters. The molecule has 4 atom stereocenters. The summed E-state index contributed by atoms with van der Waals surface area (Å²) < 4.78 is 0. The Morgan fingerprint density at radius 3 is 1.48 bits per heavy atom. The van der Waals surface area contributed by atoms with Crippen molar-refractivity contribution in [2.24, 2.45) is 0 Å². The molecule has 0 aromatic carbocycles. The van der Waals surface area contributed by atoms with Crippen LogP contribution < -0.4 is 0 Å². The van der Waals surface area contributed by atoms with Crippen LogP contribution >= 0.6 is 0 Å². The summed E-state index contributed by atoms with van der Waals surface area (Å²) in [5.74, 6) is -0.470. The molecular formula is C22H32N4O5. The quantitative estimate of drug-likeness (QED) is 0.577. The molecule has 0 radical (unpaired) electrons. The predicted molar refractivity (Wildman–Crippen MR) is 111 cm³/mol. The van der Waals surface area contributed by atoms with Gasteiger partial charge in [0.15, 0.2) is 5.78 Å². The molecule has 0 aliphatic carbocycles. The minimum atomic E-state index is -0.572. The topological polar surface area (TPSA) is 98.3 Å². The Kier molecular flexibility index (Phi) is 6.29. The van der Waals surface area contributed by atoms with Gasteiger partial charge in [-0.3, -0.25) is 24.0 Å². The van der Waals surface area contributed by atoms with Crippen LogP contribution in [0.15, 0.2) is 0 Å². The van der Waals surface area contributed by atoms with E-state index in [9.17, 15) is 24.0 Å². The molecule has 9 nitrogen and oxygen atoms in total. The second-order valence-corrected chi connectivity index (χ2v) is 9.18. The number of amides is 4. The van der Waals surface area contributed by atoms with Gasteiger partial charge in [0.05, 0.1) is 6.04 Å². The zero-order chi connectivity index (χ0) is 22.1. The first-order valence-electron chi connectivity index (χ1n) is 11.6. The number of Topliss-reactive ketones (excluding diaryl/α,β-unsaturated/α-hetero) is 1. The Balaban J connectivity index is 1.47. The van der Waals surface area contributed by atoms with Crippen LogP contribution in [0, 0.1) is 0 Å². The molecule has 4 heterocycles. The van der Waals surface area contributed by atoms with Gasteiger partial charge in [-0.2, -0.15) is 0 Å². The predicted octanol–water partition coefficient (Wildman–Crippen LogP) is 0.169. The minimum Gasteiger partial charge on any atom is -0.333 e. The molecule has 0 N–H and O–H groups in total. The first kappa shape index (κ1) is 21.8. The SMILES string of the molecule is CC(=O)C1CCCN1C(=O)C1CCCN1C(=O)C1CCCN1C(=O)C1CCCN1C=O. The van der Waals surface area contributed by atoms with Crippen LogP contribution in [0.25, 0.3) is 0 Å². The van der Waals surface area contributed by atoms with Gasteiger partial charge in [-0.15, -0.1) is 0 Å². The lowest BCUT2D eigenvalue weighted by atomic mass is 10.1. The van der Waals surface area contributed by atoms with Crippen LogP contribution in [-0.4, -0.2) is 99.9 Å². The Labute approximate surface area is 182 Å². The van der Waals surface area contributed by atoms with Crippen LogP contribution in [-0.2, 0) is 24.0 Å². The molecule has 0 aromatic heterocycles. The van der Waals surface area contributed by atoms with Gasteiger partial charge >= 0.3 is 0 Å². The third-order valence-corrected chi connectivity index (χ3v) is 7.36. The molecule has 0 spiro atoms. The first-order chi connectivity index (χ1) is 14.9. The summed E-state index contributed by atoms with van der Waals surface area (Å²) in [6.07, 6.45) is 6.27. The number of hydrogen-bond acceptors (Lipinski definition) is 5. The van der Waals surface area contributed by atoms with Crippen molar-refractivity contribution < 1.29 is 24.0 Å². The third-order valence-electron chi connectivity index (χ3n) is 7.36. The summed E-state index contributed by atoms with van der Waals surface area (Å²) in [5, 5.41) is 0. The van der Waals surface area contributed by atoms with Crippen LogP contribution in [0.5, 0.6) is 0 Å². The molecule has 0 aromatic rings. The van der Waals surface area contributed by atoms with Crippen molar-refractivity contribution in [3.8, 4) is 0 Å². The van der Waals surface area contributed by atoms with Gasteiger partial charge in [-0.05, 0) is 58.3 Å². The monoisotopic (exact) mass is 432 g/mol. The molecule has 4 rings (SSSR count). The summed E-state index contributed by atoms with van der Waals surface area (Å²) in [7, 11) is 0. The average molecular weight is 433 g/mol. The van der Waals surface area contributed by atoms with E-state index in [0.717, 1.165) is 32.1 Å². The number of carbonyl (C=O) groups excluding carboxylic acids is 5. The van der Waals surface area contributed by atoms with Crippen LogP contribution in [0.3, 0.4) is 0 Å². The molecule has 4 fully saturated rings. The van der Waals surface area contributed by atoms with E-state index in [1.54, 1.807) is 14.7 Å². The molecule has 170 valence electrons. The van der Waals surface area contributed by atoms with Crippen molar-refractivity contribution in [2.45, 2.75) is 82.5 Å². The van der Waals surface area contributed by atoms with E-state index in [-0.39, 0.29) is 29.5 Å². The van der Waals surface area contributed by atoms with Crippen LogP contribution in [0.2, 0.25) is 0 Å². The van der Waals surface area contributed by atoms with Crippen molar-refractivity contribution in [2.75, 3.05) is 26.2 Å². The van der Waals surface area contributed by atoms with E-state index in [0.29, 0.717) is 51.9 Å². The Morgan fingerprint density at radius 2 is 1.00 bits per heavy atom. The standard InChI is InChI=1S/C22H32N4O5/c1-15(28)16-6-3-11-24(16)21(30)18-8-5-13-26(18)22(31)19-9-4-12-25(19)20(29)17-7-2-10-23(17)14-27/h14,16-19H,2-13H2,1H3. The highest BCUT2D eigenvalue weighted by Gasteiger charge is 2.46. The fourth-order valence-electron chi connectivity index (χ4n) is 5.78. The molecule has 9 heteroatoms. The first-order valence-corrected chi connectivity index (χ1v) is 11.6. The van der Waals surface area contributed by atoms with Crippen molar-refractivity contribution in [1.29, 1.82) is 0 Å². The normalized spacial score (nSPS) is 30.9. The molecular weight excluding hydrogens is 400 g/mol. The molecule has 4 saturated heterocycles. The largest absolute Gasteiger partial charge is 0.333 e. The second-order valence-electron chi connectivity index (χ2n) is 9.18. The lowest BCUT2D eigenvalue weighted by molar-refractivity contribution is -0.151. The van der Waals surface area contributed by atoms with Gasteiger partial charge in [0.25, 0.3) is 0 Å². The maximum atomic E-state index is 13.5. The summed E-state index contributed by atoms with van der Waals surface area (Å²) >= 11 is 0. The summed E-state index contributed by atoms with van der Waals surface area (Å²) in [4.78, 5) is 69.6. The highest BCUT2D eigenvalue weighted by Crippen LogP contribution is 2.30. The zero-order valence-electron chi connectivity index (χ0n) is 18.2. The molecule has 0 bridgehead atoms. The van der Waals surface area contributed by atoms with Crippen LogP contribution in [0.1, 0.15) is 58.3 Å². The van der Waals surface area contributed by atoms with Gasteiger partial charge in [-0.1, -0.05) is 0 Å². The van der Waals surface area contributed by atoms with E-state index in [4.69, 9.17) is 0 Å². The minimum absolute atomic E-state index is 0.00872. The third kappa shape index (κ3) is 3.94. The van der Waals surface area contributed by atoms with Crippen molar-refractivity contribution >= 4 is 29.9 Å². The second kappa shape index (κ2) is 8.96. The molecule has 4 amide bonds. The smallest absolute Gasteiger partial charge is 0.246 e. The van der Waals surface area contributed by atoms with Crippen LogP contribution in [0.4, 0.5) is 0 Å². The van der Waals surface area contributed by atoms with Crippen molar-refractivity contribution in [3.05, 3.63) is 0 Å². The van der Waals surface area contributed by atoms with E-state index in [1.165, 1.54) is 11.8 Å². The van der Waals surface area contributed by atoms with Gasteiger partial charge in [0, 0.05) is 26.2 Å². The highest BCUT2D eigenvalue weighted by atomic mass is 16.2. The number of hydrogen-bond donors (Lipinski definition) is 0. The molecule has 0 saturated carbocycles. The zero-order valence-corrected chi connectivity index (χ0v) is 18.2. The number of carbonyl (C=O) groups is 5. The fourth-order valence-corrected chi connectivity index (χ4v) is 5.78. The number of nitrogens with zero attached hydrogens (tertiary/aromatic N) is 4. The van der Waals surface area contributed by atoms with E-state index in [2.05, 4.69) is 0 Å². The van der Waals surface area contributed by atoms with Gasteiger partial charge in [0.1, 0.15) is 18.1 Å². The summed E-state index contributed by atoms with van der Waals surface area (Å²) in [6, 6.07) is -1.99. The Morgan fingerprint density at radius 1 is 0.613 bits per heavy atom. The van der Waals surface area contributed by atoms with Crippen molar-refractivity contribution in [1.82, 2.24) is 19.6 Å². The Hall–Kier alpha value is -2.45. The summed E-state index contributed by atoms with van der Waals surface area (Å²) in [6.45, 7) is 3.64. The molecule has 4 aliphatic rings. The number of rotatable bonds is 5. The maximum absolute atomic E-state index is 13.5.